The third-order valence-corrected chi connectivity index (χ3v) is 2.67. The molecule has 0 aromatic heterocycles. The van der Waals surface area contributed by atoms with Crippen LogP contribution in [-0.4, -0.2) is 60.1 Å². The van der Waals surface area contributed by atoms with Crippen molar-refractivity contribution >= 4 is 5.91 Å². The van der Waals surface area contributed by atoms with Gasteiger partial charge in [0.15, 0.2) is 0 Å². The zero-order valence-corrected chi connectivity index (χ0v) is 9.23. The molecule has 0 heterocycles. The molecule has 0 aromatic rings. The highest BCUT2D eigenvalue weighted by Gasteiger charge is 2.34. The number of hydrogen-bond donors (Lipinski definition) is 1. The highest BCUT2D eigenvalue weighted by molar-refractivity contribution is 5.81. The lowest BCUT2D eigenvalue weighted by Gasteiger charge is -2.29. The Balaban J connectivity index is 2.53. The standard InChI is InChI=1S/C10H20N2O2/c1-8(10(14)11(2)3)12(6-7-13)9-4-5-9/h8-9,13H,4-7H2,1-3H3. The summed E-state index contributed by atoms with van der Waals surface area (Å²) in [6.07, 6.45) is 2.32. The fourth-order valence-corrected chi connectivity index (χ4v) is 1.73. The van der Waals surface area contributed by atoms with E-state index in [0.29, 0.717) is 12.6 Å². The lowest BCUT2D eigenvalue weighted by molar-refractivity contribution is -0.134. The Morgan fingerprint density at radius 3 is 2.43 bits per heavy atom. The first kappa shape index (κ1) is 11.5. The van der Waals surface area contributed by atoms with Crippen LogP contribution in [0.3, 0.4) is 0 Å². The van der Waals surface area contributed by atoms with Crippen molar-refractivity contribution in [3.63, 3.8) is 0 Å². The van der Waals surface area contributed by atoms with Crippen molar-refractivity contribution in [1.29, 1.82) is 0 Å². The van der Waals surface area contributed by atoms with E-state index in [-0.39, 0.29) is 18.6 Å². The fraction of sp³-hybridized carbons (Fsp3) is 0.900. The summed E-state index contributed by atoms with van der Waals surface area (Å²) in [6, 6.07) is 0.408. The van der Waals surface area contributed by atoms with Crippen LogP contribution in [0.1, 0.15) is 19.8 Å². The molecule has 0 bridgehead atoms. The number of carbonyl (C=O) groups is 1. The van der Waals surface area contributed by atoms with Gasteiger partial charge in [-0.3, -0.25) is 9.69 Å². The van der Waals surface area contributed by atoms with Crippen LogP contribution in [-0.2, 0) is 4.79 Å². The Hall–Kier alpha value is -0.610. The van der Waals surface area contributed by atoms with E-state index in [2.05, 4.69) is 4.90 Å². The normalized spacial score (nSPS) is 18.4. The Morgan fingerprint density at radius 2 is 2.07 bits per heavy atom. The maximum absolute atomic E-state index is 11.7. The van der Waals surface area contributed by atoms with Gasteiger partial charge in [0.25, 0.3) is 0 Å². The van der Waals surface area contributed by atoms with Gasteiger partial charge < -0.3 is 10.0 Å². The predicted octanol–water partition coefficient (Wildman–Crippen LogP) is -0.0802. The number of rotatable bonds is 5. The van der Waals surface area contributed by atoms with Crippen molar-refractivity contribution in [3.05, 3.63) is 0 Å². The van der Waals surface area contributed by atoms with Crippen LogP contribution in [0.15, 0.2) is 0 Å². The minimum atomic E-state index is -0.107. The molecule has 82 valence electrons. The molecule has 1 rings (SSSR count). The third kappa shape index (κ3) is 2.69. The van der Waals surface area contributed by atoms with E-state index in [4.69, 9.17) is 5.11 Å². The Bertz CT molecular complexity index is 202. The van der Waals surface area contributed by atoms with Gasteiger partial charge in [0.1, 0.15) is 0 Å². The number of aliphatic hydroxyl groups is 1. The smallest absolute Gasteiger partial charge is 0.239 e. The van der Waals surface area contributed by atoms with E-state index in [9.17, 15) is 4.79 Å². The number of aliphatic hydroxyl groups excluding tert-OH is 1. The summed E-state index contributed by atoms with van der Waals surface area (Å²) in [5.41, 5.74) is 0. The van der Waals surface area contributed by atoms with Gasteiger partial charge in [0.2, 0.25) is 5.91 Å². The number of nitrogens with zero attached hydrogens (tertiary/aromatic N) is 2. The molecule has 1 N–H and O–H groups in total. The molecular weight excluding hydrogens is 180 g/mol. The van der Waals surface area contributed by atoms with Crippen LogP contribution < -0.4 is 0 Å². The van der Waals surface area contributed by atoms with Gasteiger partial charge >= 0.3 is 0 Å². The lowest BCUT2D eigenvalue weighted by Crippen LogP contribution is -2.46. The first-order valence-electron chi connectivity index (χ1n) is 5.15. The van der Waals surface area contributed by atoms with Crippen molar-refractivity contribution in [2.75, 3.05) is 27.2 Å². The highest BCUT2D eigenvalue weighted by Crippen LogP contribution is 2.28. The van der Waals surface area contributed by atoms with Gasteiger partial charge in [-0.2, -0.15) is 0 Å². The second-order valence-electron chi connectivity index (χ2n) is 4.10. The summed E-state index contributed by atoms with van der Waals surface area (Å²) in [4.78, 5) is 15.4. The zero-order chi connectivity index (χ0) is 10.7. The Morgan fingerprint density at radius 1 is 1.50 bits per heavy atom. The molecule has 4 nitrogen and oxygen atoms in total. The molecule has 1 saturated carbocycles. The third-order valence-electron chi connectivity index (χ3n) is 2.67. The second-order valence-corrected chi connectivity index (χ2v) is 4.10. The zero-order valence-electron chi connectivity index (χ0n) is 9.23. The van der Waals surface area contributed by atoms with Crippen molar-refractivity contribution in [2.24, 2.45) is 0 Å². The summed E-state index contributed by atoms with van der Waals surface area (Å²) < 4.78 is 0. The van der Waals surface area contributed by atoms with Gasteiger partial charge in [-0.1, -0.05) is 0 Å². The molecule has 1 atom stereocenters. The summed E-state index contributed by atoms with van der Waals surface area (Å²) in [6.45, 7) is 2.64. The van der Waals surface area contributed by atoms with Crippen molar-refractivity contribution in [2.45, 2.75) is 31.8 Å². The summed E-state index contributed by atoms with van der Waals surface area (Å²) >= 11 is 0. The molecule has 4 heteroatoms. The van der Waals surface area contributed by atoms with Crippen molar-refractivity contribution in [3.8, 4) is 0 Å². The van der Waals surface area contributed by atoms with E-state index in [1.807, 2.05) is 6.92 Å². The van der Waals surface area contributed by atoms with E-state index < -0.39 is 0 Å². The molecule has 0 radical (unpaired) electrons. The lowest BCUT2D eigenvalue weighted by atomic mass is 10.2. The number of hydrogen-bond acceptors (Lipinski definition) is 3. The van der Waals surface area contributed by atoms with E-state index in [1.165, 1.54) is 0 Å². The van der Waals surface area contributed by atoms with Crippen molar-refractivity contribution in [1.82, 2.24) is 9.80 Å². The second kappa shape index (κ2) is 4.75. The first-order chi connectivity index (χ1) is 6.57. The summed E-state index contributed by atoms with van der Waals surface area (Å²) in [5.74, 6) is 0.116. The fourth-order valence-electron chi connectivity index (χ4n) is 1.73. The minimum absolute atomic E-state index is 0.107. The van der Waals surface area contributed by atoms with Crippen LogP contribution in [0, 0.1) is 0 Å². The number of likely N-dealkylation sites (N-methyl/N-ethyl adjacent to an activating group) is 1. The van der Waals surface area contributed by atoms with E-state index in [1.54, 1.807) is 19.0 Å². The average Bonchev–Trinajstić information content (AvgIpc) is 2.95. The predicted molar refractivity (Wildman–Crippen MR) is 55.0 cm³/mol. The molecular formula is C10H20N2O2. The van der Waals surface area contributed by atoms with Gasteiger partial charge in [-0.25, -0.2) is 0 Å². The number of carbonyl (C=O) groups excluding carboxylic acids is 1. The van der Waals surface area contributed by atoms with Gasteiger partial charge in [-0.05, 0) is 19.8 Å². The number of amides is 1. The maximum atomic E-state index is 11.7. The summed E-state index contributed by atoms with van der Waals surface area (Å²) in [5, 5.41) is 8.92. The van der Waals surface area contributed by atoms with Crippen LogP contribution in [0.5, 0.6) is 0 Å². The quantitative estimate of drug-likeness (QED) is 0.675. The van der Waals surface area contributed by atoms with Crippen LogP contribution in [0.25, 0.3) is 0 Å². The first-order valence-corrected chi connectivity index (χ1v) is 5.15. The van der Waals surface area contributed by atoms with Crippen LogP contribution in [0.2, 0.25) is 0 Å². The molecule has 0 aliphatic heterocycles. The van der Waals surface area contributed by atoms with Gasteiger partial charge in [0.05, 0.1) is 12.6 Å². The molecule has 1 fully saturated rings. The molecule has 1 unspecified atom stereocenters. The molecule has 1 amide bonds. The molecule has 14 heavy (non-hydrogen) atoms. The average molecular weight is 200 g/mol. The van der Waals surface area contributed by atoms with Crippen LogP contribution in [0.4, 0.5) is 0 Å². The Labute approximate surface area is 85.5 Å². The molecule has 1 aliphatic carbocycles. The molecule has 0 spiro atoms. The van der Waals surface area contributed by atoms with E-state index in [0.717, 1.165) is 12.8 Å². The molecule has 0 aromatic carbocycles. The largest absolute Gasteiger partial charge is 0.395 e. The molecule has 0 saturated heterocycles. The maximum Gasteiger partial charge on any atom is 0.239 e. The van der Waals surface area contributed by atoms with Crippen LogP contribution >= 0.6 is 0 Å². The van der Waals surface area contributed by atoms with Gasteiger partial charge in [-0.15, -0.1) is 0 Å². The minimum Gasteiger partial charge on any atom is -0.395 e. The van der Waals surface area contributed by atoms with Crippen molar-refractivity contribution < 1.29 is 9.90 Å². The molecule has 1 aliphatic rings. The highest BCUT2D eigenvalue weighted by atomic mass is 16.3. The Kier molecular flexibility index (Phi) is 3.89. The van der Waals surface area contributed by atoms with E-state index >= 15 is 0 Å². The topological polar surface area (TPSA) is 43.8 Å². The van der Waals surface area contributed by atoms with Gasteiger partial charge in [0, 0.05) is 26.7 Å². The summed E-state index contributed by atoms with van der Waals surface area (Å²) in [7, 11) is 3.53. The SMILES string of the molecule is CC(C(=O)N(C)C)N(CCO)C1CC1. The monoisotopic (exact) mass is 200 g/mol.